The van der Waals surface area contributed by atoms with Crippen LogP contribution in [0.4, 0.5) is 5.69 Å². The molecule has 0 saturated heterocycles. The van der Waals surface area contributed by atoms with Crippen molar-refractivity contribution in [1.82, 2.24) is 0 Å². The van der Waals surface area contributed by atoms with Crippen molar-refractivity contribution in [3.63, 3.8) is 0 Å². The van der Waals surface area contributed by atoms with E-state index in [4.69, 9.17) is 9.84 Å². The van der Waals surface area contributed by atoms with Gasteiger partial charge in [-0.2, -0.15) is 5.26 Å². The van der Waals surface area contributed by atoms with Crippen LogP contribution in [0.25, 0.3) is 6.08 Å². The molecule has 2 aromatic rings. The van der Waals surface area contributed by atoms with Gasteiger partial charge in [0.15, 0.2) is 0 Å². The highest BCUT2D eigenvalue weighted by Gasteiger charge is 2.13. The highest BCUT2D eigenvalue weighted by atomic mass is 79.9. The lowest BCUT2D eigenvalue weighted by Gasteiger charge is -2.10. The lowest BCUT2D eigenvalue weighted by atomic mass is 10.1. The minimum Gasteiger partial charge on any atom is -0.487 e. The minimum absolute atomic E-state index is 0.0995. The number of ether oxygens (including phenoxy) is 1. The number of aromatic carboxylic acids is 1. The molecule has 0 radical (unpaired) electrons. The lowest BCUT2D eigenvalue weighted by Crippen LogP contribution is -2.13. The largest absolute Gasteiger partial charge is 0.487 e. The van der Waals surface area contributed by atoms with Crippen LogP contribution in [0.15, 0.2) is 63.6 Å². The summed E-state index contributed by atoms with van der Waals surface area (Å²) in [5.74, 6) is -1.09. The van der Waals surface area contributed by atoms with Gasteiger partial charge < -0.3 is 15.2 Å². The first-order valence-electron chi connectivity index (χ1n) is 7.85. The Morgan fingerprint density at radius 2 is 1.82 bits per heavy atom. The van der Waals surface area contributed by atoms with Gasteiger partial charge in [-0.25, -0.2) is 4.79 Å². The predicted octanol–water partition coefficient (Wildman–Crippen LogP) is 5.02. The second-order valence-electron chi connectivity index (χ2n) is 5.42. The number of nitrogens with one attached hydrogen (secondary N) is 1. The molecule has 142 valence electrons. The van der Waals surface area contributed by atoms with Crippen molar-refractivity contribution < 1.29 is 19.4 Å². The molecule has 6 nitrogen and oxygen atoms in total. The van der Waals surface area contributed by atoms with Crippen molar-refractivity contribution >= 4 is 55.5 Å². The summed E-state index contributed by atoms with van der Waals surface area (Å²) < 4.78 is 6.84. The maximum atomic E-state index is 12.4. The molecular formula is C20H14Br2N2O4. The number of carbonyl (C=O) groups is 2. The zero-order valence-corrected chi connectivity index (χ0v) is 17.6. The molecule has 0 unspecified atom stereocenters. The summed E-state index contributed by atoms with van der Waals surface area (Å²) in [6, 6.07) is 10.9. The Labute approximate surface area is 178 Å². The number of halogens is 2. The molecule has 0 aliphatic rings. The van der Waals surface area contributed by atoms with Crippen LogP contribution in [0.1, 0.15) is 15.9 Å². The first-order chi connectivity index (χ1) is 13.3. The topological polar surface area (TPSA) is 99.4 Å². The summed E-state index contributed by atoms with van der Waals surface area (Å²) in [5, 5.41) is 20.8. The second kappa shape index (κ2) is 9.88. The number of rotatable bonds is 7. The average molecular weight is 506 g/mol. The van der Waals surface area contributed by atoms with E-state index in [2.05, 4.69) is 43.8 Å². The van der Waals surface area contributed by atoms with Gasteiger partial charge in [0, 0.05) is 5.69 Å². The number of benzene rings is 2. The highest BCUT2D eigenvalue weighted by molar-refractivity contribution is 9.11. The lowest BCUT2D eigenvalue weighted by molar-refractivity contribution is -0.112. The summed E-state index contributed by atoms with van der Waals surface area (Å²) >= 11 is 6.80. The minimum atomic E-state index is -1.06. The van der Waals surface area contributed by atoms with Gasteiger partial charge in [0.25, 0.3) is 5.91 Å². The Morgan fingerprint density at radius 3 is 2.32 bits per heavy atom. The van der Waals surface area contributed by atoms with Crippen LogP contribution < -0.4 is 10.1 Å². The maximum Gasteiger partial charge on any atom is 0.335 e. The van der Waals surface area contributed by atoms with Gasteiger partial charge in [0.2, 0.25) is 0 Å². The van der Waals surface area contributed by atoms with Crippen LogP contribution in [0.5, 0.6) is 5.75 Å². The van der Waals surface area contributed by atoms with Gasteiger partial charge in [-0.1, -0.05) is 12.7 Å². The highest BCUT2D eigenvalue weighted by Crippen LogP contribution is 2.35. The number of hydrogen-bond acceptors (Lipinski definition) is 4. The van der Waals surface area contributed by atoms with E-state index in [1.54, 1.807) is 18.2 Å². The van der Waals surface area contributed by atoms with Gasteiger partial charge >= 0.3 is 5.97 Å². The Balaban J connectivity index is 2.23. The van der Waals surface area contributed by atoms with Crippen LogP contribution in [0.2, 0.25) is 0 Å². The van der Waals surface area contributed by atoms with E-state index in [0.717, 1.165) is 0 Å². The van der Waals surface area contributed by atoms with Crippen LogP contribution in [-0.4, -0.2) is 23.6 Å². The van der Waals surface area contributed by atoms with Crippen molar-refractivity contribution in [3.05, 3.63) is 74.7 Å². The van der Waals surface area contributed by atoms with Crippen LogP contribution in [-0.2, 0) is 4.79 Å². The predicted molar refractivity (Wildman–Crippen MR) is 113 cm³/mol. The Morgan fingerprint density at radius 1 is 1.21 bits per heavy atom. The number of amides is 1. The zero-order valence-electron chi connectivity index (χ0n) is 14.4. The van der Waals surface area contributed by atoms with E-state index in [1.807, 2.05) is 6.07 Å². The molecule has 1 amide bonds. The van der Waals surface area contributed by atoms with E-state index in [-0.39, 0.29) is 11.1 Å². The number of anilines is 1. The average Bonchev–Trinajstić information content (AvgIpc) is 2.65. The van der Waals surface area contributed by atoms with Crippen molar-refractivity contribution in [2.45, 2.75) is 0 Å². The van der Waals surface area contributed by atoms with Crippen molar-refractivity contribution in [3.8, 4) is 11.8 Å². The second-order valence-corrected chi connectivity index (χ2v) is 7.13. The molecule has 0 bridgehead atoms. The molecule has 0 aromatic heterocycles. The first kappa shape index (κ1) is 21.4. The summed E-state index contributed by atoms with van der Waals surface area (Å²) in [7, 11) is 0. The SMILES string of the molecule is C=CCOc1c(Br)cc(/C=C(\C#N)C(=O)Nc2ccc(C(=O)O)cc2)cc1Br. The fraction of sp³-hybridized carbons (Fsp3) is 0.0500. The van der Waals surface area contributed by atoms with E-state index in [9.17, 15) is 14.9 Å². The molecule has 0 aliphatic carbocycles. The molecule has 0 spiro atoms. The number of carboxylic acid groups (broad SMARTS) is 1. The molecule has 28 heavy (non-hydrogen) atoms. The van der Waals surface area contributed by atoms with Gasteiger partial charge in [0.05, 0.1) is 14.5 Å². The molecular weight excluding hydrogens is 492 g/mol. The molecule has 0 aliphatic heterocycles. The molecule has 2 rings (SSSR count). The summed E-state index contributed by atoms with van der Waals surface area (Å²) in [5.41, 5.74) is 0.979. The number of carbonyl (C=O) groups excluding carboxylic acids is 1. The van der Waals surface area contributed by atoms with E-state index in [1.165, 1.54) is 30.3 Å². The number of carboxylic acids is 1. The van der Waals surface area contributed by atoms with E-state index >= 15 is 0 Å². The summed E-state index contributed by atoms with van der Waals surface area (Å²) in [4.78, 5) is 23.2. The van der Waals surface area contributed by atoms with Crippen molar-refractivity contribution in [1.29, 1.82) is 5.26 Å². The molecule has 2 N–H and O–H groups in total. The van der Waals surface area contributed by atoms with Crippen LogP contribution >= 0.6 is 31.9 Å². The fourth-order valence-corrected chi connectivity index (χ4v) is 3.60. The third kappa shape index (κ3) is 5.55. The van der Waals surface area contributed by atoms with Gasteiger partial charge in [-0.15, -0.1) is 0 Å². The number of hydrogen-bond donors (Lipinski definition) is 2. The maximum absolute atomic E-state index is 12.4. The number of nitrogens with zero attached hydrogens (tertiary/aromatic N) is 1. The third-order valence-electron chi connectivity index (χ3n) is 3.43. The van der Waals surface area contributed by atoms with Crippen molar-refractivity contribution in [2.75, 3.05) is 11.9 Å². The Bertz CT molecular complexity index is 969. The number of nitriles is 1. The van der Waals surface area contributed by atoms with Gasteiger partial charge in [0.1, 0.15) is 24.0 Å². The standard InChI is InChI=1S/C20H14Br2N2O4/c1-2-7-28-18-16(21)9-12(10-17(18)22)8-14(11-23)19(25)24-15-5-3-13(4-6-15)20(26)27/h2-6,8-10H,1,7H2,(H,24,25)(H,26,27)/b14-8+. The van der Waals surface area contributed by atoms with Gasteiger partial charge in [-0.3, -0.25) is 4.79 Å². The Kier molecular flexibility index (Phi) is 7.55. The van der Waals surface area contributed by atoms with Gasteiger partial charge in [-0.05, 0) is 79.9 Å². The first-order valence-corrected chi connectivity index (χ1v) is 9.43. The molecule has 0 atom stereocenters. The monoisotopic (exact) mass is 504 g/mol. The quantitative estimate of drug-likeness (QED) is 0.312. The smallest absolute Gasteiger partial charge is 0.335 e. The summed E-state index contributed by atoms with van der Waals surface area (Å²) in [6.07, 6.45) is 3.06. The molecule has 0 heterocycles. The van der Waals surface area contributed by atoms with E-state index < -0.39 is 11.9 Å². The molecule has 8 heteroatoms. The van der Waals surface area contributed by atoms with Crippen LogP contribution in [0.3, 0.4) is 0 Å². The molecule has 0 fully saturated rings. The molecule has 2 aromatic carbocycles. The normalized spacial score (nSPS) is 10.7. The zero-order chi connectivity index (χ0) is 20.7. The fourth-order valence-electron chi connectivity index (χ4n) is 2.15. The van der Waals surface area contributed by atoms with E-state index in [0.29, 0.717) is 32.6 Å². The molecule has 0 saturated carbocycles. The summed E-state index contributed by atoms with van der Waals surface area (Å²) in [6.45, 7) is 3.93. The van der Waals surface area contributed by atoms with Crippen molar-refractivity contribution in [2.24, 2.45) is 0 Å². The van der Waals surface area contributed by atoms with Crippen LogP contribution in [0, 0.1) is 11.3 Å². The third-order valence-corrected chi connectivity index (χ3v) is 4.61. The Hall–Kier alpha value is -2.89.